The van der Waals surface area contributed by atoms with Gasteiger partial charge in [0.25, 0.3) is 0 Å². The molecular formula is C17H15F3N4O2S. The van der Waals surface area contributed by atoms with Gasteiger partial charge >= 0.3 is 6.18 Å². The Morgan fingerprint density at radius 2 is 1.78 bits per heavy atom. The fourth-order valence-electron chi connectivity index (χ4n) is 2.77. The van der Waals surface area contributed by atoms with Gasteiger partial charge in [-0.05, 0) is 30.3 Å². The fourth-order valence-corrected chi connectivity index (χ4v) is 4.24. The van der Waals surface area contributed by atoms with Crippen molar-refractivity contribution in [2.75, 3.05) is 31.1 Å². The van der Waals surface area contributed by atoms with Crippen LogP contribution in [0.5, 0.6) is 0 Å². The van der Waals surface area contributed by atoms with Gasteiger partial charge in [-0.15, -0.1) is 0 Å². The fraction of sp³-hybridized carbons (Fsp3) is 0.294. The van der Waals surface area contributed by atoms with Crippen LogP contribution in [0.1, 0.15) is 11.1 Å². The average molecular weight is 396 g/mol. The molecule has 0 N–H and O–H groups in total. The van der Waals surface area contributed by atoms with Crippen LogP contribution in [0.15, 0.2) is 47.5 Å². The molecule has 0 amide bonds. The van der Waals surface area contributed by atoms with Crippen molar-refractivity contribution in [1.82, 2.24) is 9.29 Å². The minimum atomic E-state index is -4.45. The van der Waals surface area contributed by atoms with Crippen LogP contribution in [0.4, 0.5) is 19.0 Å². The van der Waals surface area contributed by atoms with Gasteiger partial charge < -0.3 is 4.90 Å². The van der Waals surface area contributed by atoms with Crippen LogP contribution in [0.2, 0.25) is 0 Å². The largest absolute Gasteiger partial charge is 0.417 e. The summed E-state index contributed by atoms with van der Waals surface area (Å²) >= 11 is 0. The summed E-state index contributed by atoms with van der Waals surface area (Å²) in [7, 11) is -3.74. The first-order valence-corrected chi connectivity index (χ1v) is 9.44. The van der Waals surface area contributed by atoms with E-state index in [0.717, 1.165) is 12.3 Å². The van der Waals surface area contributed by atoms with E-state index < -0.39 is 21.8 Å². The molecule has 0 atom stereocenters. The van der Waals surface area contributed by atoms with Crippen LogP contribution in [-0.2, 0) is 16.2 Å². The van der Waals surface area contributed by atoms with Crippen LogP contribution in [0, 0.1) is 11.3 Å². The van der Waals surface area contributed by atoms with E-state index in [1.54, 1.807) is 4.90 Å². The van der Waals surface area contributed by atoms with Crippen LogP contribution in [0.3, 0.4) is 0 Å². The van der Waals surface area contributed by atoms with E-state index in [4.69, 9.17) is 5.26 Å². The van der Waals surface area contributed by atoms with Crippen LogP contribution < -0.4 is 4.90 Å². The van der Waals surface area contributed by atoms with Crippen molar-refractivity contribution in [3.05, 3.63) is 53.7 Å². The highest BCUT2D eigenvalue weighted by Crippen LogP contribution is 2.29. The second-order valence-corrected chi connectivity index (χ2v) is 7.87. The first-order chi connectivity index (χ1) is 12.7. The second kappa shape index (κ2) is 7.17. The SMILES string of the molecule is N#Cc1cccc(S(=O)(=O)N2CCN(c3ccc(C(F)(F)F)cn3)CC2)c1. The molecule has 3 rings (SSSR count). The predicted octanol–water partition coefficient (Wildman–Crippen LogP) is 2.48. The molecule has 1 aliphatic heterocycles. The van der Waals surface area contributed by atoms with E-state index in [1.165, 1.54) is 34.6 Å². The third-order valence-electron chi connectivity index (χ3n) is 4.24. The van der Waals surface area contributed by atoms with Gasteiger partial charge in [-0.1, -0.05) is 6.07 Å². The first-order valence-electron chi connectivity index (χ1n) is 8.00. The van der Waals surface area contributed by atoms with Gasteiger partial charge in [0.15, 0.2) is 0 Å². The Balaban J connectivity index is 1.70. The summed E-state index contributed by atoms with van der Waals surface area (Å²) in [5.74, 6) is 0.367. The Bertz CT molecular complexity index is 961. The van der Waals surface area contributed by atoms with E-state index >= 15 is 0 Å². The van der Waals surface area contributed by atoms with Crippen LogP contribution >= 0.6 is 0 Å². The zero-order chi connectivity index (χ0) is 19.7. The van der Waals surface area contributed by atoms with Crippen molar-refractivity contribution in [3.63, 3.8) is 0 Å². The van der Waals surface area contributed by atoms with Crippen molar-refractivity contribution in [3.8, 4) is 6.07 Å². The Hall–Kier alpha value is -2.64. The monoisotopic (exact) mass is 396 g/mol. The molecule has 1 aliphatic rings. The molecule has 1 fully saturated rings. The molecule has 10 heteroatoms. The molecule has 0 radical (unpaired) electrons. The highest BCUT2D eigenvalue weighted by atomic mass is 32.2. The third kappa shape index (κ3) is 4.04. The summed E-state index contributed by atoms with van der Waals surface area (Å²) in [4.78, 5) is 5.62. The highest BCUT2D eigenvalue weighted by Gasteiger charge is 2.32. The maximum absolute atomic E-state index is 12.7. The summed E-state index contributed by atoms with van der Waals surface area (Å²) < 4.78 is 64.6. The zero-order valence-electron chi connectivity index (χ0n) is 14.0. The number of hydrogen-bond acceptors (Lipinski definition) is 5. The summed E-state index contributed by atoms with van der Waals surface area (Å²) in [6, 6.07) is 9.92. The standard InChI is InChI=1S/C17H15F3N4O2S/c18-17(19,20)14-4-5-16(22-12-14)23-6-8-24(9-7-23)27(25,26)15-3-1-2-13(10-15)11-21/h1-5,10,12H,6-9H2. The molecule has 142 valence electrons. The molecule has 0 aliphatic carbocycles. The average Bonchev–Trinajstić information content (AvgIpc) is 2.67. The minimum absolute atomic E-state index is 0.0441. The predicted molar refractivity (Wildman–Crippen MR) is 91.4 cm³/mol. The second-order valence-electron chi connectivity index (χ2n) is 5.93. The van der Waals surface area contributed by atoms with E-state index in [2.05, 4.69) is 4.98 Å². The molecular weight excluding hydrogens is 381 g/mol. The number of nitrogens with zero attached hydrogens (tertiary/aromatic N) is 4. The summed E-state index contributed by atoms with van der Waals surface area (Å²) in [5.41, 5.74) is -0.575. The number of rotatable bonds is 3. The maximum Gasteiger partial charge on any atom is 0.417 e. The van der Waals surface area contributed by atoms with E-state index in [-0.39, 0.29) is 23.5 Å². The van der Waals surface area contributed by atoms with E-state index in [0.29, 0.717) is 18.9 Å². The molecule has 1 saturated heterocycles. The van der Waals surface area contributed by atoms with Gasteiger partial charge in [-0.2, -0.15) is 22.7 Å². The Labute approximate surface area is 154 Å². The van der Waals surface area contributed by atoms with Crippen molar-refractivity contribution in [2.24, 2.45) is 0 Å². The lowest BCUT2D eigenvalue weighted by atomic mass is 10.2. The molecule has 1 aromatic heterocycles. The molecule has 0 spiro atoms. The van der Waals surface area contributed by atoms with E-state index in [9.17, 15) is 21.6 Å². The zero-order valence-corrected chi connectivity index (χ0v) is 14.8. The summed E-state index contributed by atoms with van der Waals surface area (Å²) in [5, 5.41) is 8.93. The molecule has 2 heterocycles. The summed E-state index contributed by atoms with van der Waals surface area (Å²) in [6.45, 7) is 0.939. The number of pyridine rings is 1. The molecule has 2 aromatic rings. The number of benzene rings is 1. The van der Waals surface area contributed by atoms with Crippen molar-refractivity contribution in [1.29, 1.82) is 5.26 Å². The van der Waals surface area contributed by atoms with Gasteiger partial charge in [-0.25, -0.2) is 13.4 Å². The molecule has 6 nitrogen and oxygen atoms in total. The lowest BCUT2D eigenvalue weighted by Crippen LogP contribution is -2.48. The molecule has 27 heavy (non-hydrogen) atoms. The number of sulfonamides is 1. The smallest absolute Gasteiger partial charge is 0.354 e. The minimum Gasteiger partial charge on any atom is -0.354 e. The highest BCUT2D eigenvalue weighted by molar-refractivity contribution is 7.89. The Kier molecular flexibility index (Phi) is 5.08. The first kappa shape index (κ1) is 19.1. The number of hydrogen-bond donors (Lipinski definition) is 0. The lowest BCUT2D eigenvalue weighted by Gasteiger charge is -2.34. The maximum atomic E-state index is 12.7. The number of anilines is 1. The van der Waals surface area contributed by atoms with Gasteiger partial charge in [0.1, 0.15) is 5.82 Å². The number of piperazine rings is 1. The molecule has 0 saturated carbocycles. The molecule has 0 bridgehead atoms. The van der Waals surface area contributed by atoms with Crippen molar-refractivity contribution in [2.45, 2.75) is 11.1 Å². The Morgan fingerprint density at radius 3 is 2.33 bits per heavy atom. The van der Waals surface area contributed by atoms with Gasteiger partial charge in [-0.3, -0.25) is 0 Å². The normalized spacial score (nSPS) is 16.1. The Morgan fingerprint density at radius 1 is 1.07 bits per heavy atom. The number of nitriles is 1. The van der Waals surface area contributed by atoms with Crippen molar-refractivity contribution >= 4 is 15.8 Å². The number of halogens is 3. The topological polar surface area (TPSA) is 77.3 Å². The lowest BCUT2D eigenvalue weighted by molar-refractivity contribution is -0.137. The molecule has 0 unspecified atom stereocenters. The third-order valence-corrected chi connectivity index (χ3v) is 6.13. The van der Waals surface area contributed by atoms with Gasteiger partial charge in [0.05, 0.1) is 22.1 Å². The van der Waals surface area contributed by atoms with Gasteiger partial charge in [0, 0.05) is 32.4 Å². The van der Waals surface area contributed by atoms with Crippen LogP contribution in [0.25, 0.3) is 0 Å². The molecule has 1 aromatic carbocycles. The van der Waals surface area contributed by atoms with Crippen LogP contribution in [-0.4, -0.2) is 43.9 Å². The number of alkyl halides is 3. The quantitative estimate of drug-likeness (QED) is 0.797. The van der Waals surface area contributed by atoms with E-state index in [1.807, 2.05) is 6.07 Å². The van der Waals surface area contributed by atoms with Crippen molar-refractivity contribution < 1.29 is 21.6 Å². The number of aromatic nitrogens is 1. The van der Waals surface area contributed by atoms with Gasteiger partial charge in [0.2, 0.25) is 10.0 Å². The summed E-state index contributed by atoms with van der Waals surface area (Å²) in [6.07, 6.45) is -3.68.